The smallest absolute Gasteiger partial charge is 0.115 e. The zero-order valence-corrected chi connectivity index (χ0v) is 15.4. The lowest BCUT2D eigenvalue weighted by Crippen LogP contribution is -2.16. The molecule has 128 valence electrons. The molecule has 0 bridgehead atoms. The summed E-state index contributed by atoms with van der Waals surface area (Å²) in [6.45, 7) is 4.44. The molecule has 0 heterocycles. The second-order valence-corrected chi connectivity index (χ2v) is 7.45. The van der Waals surface area contributed by atoms with Gasteiger partial charge in [-0.3, -0.25) is 0 Å². The molecule has 1 heteroatoms. The summed E-state index contributed by atoms with van der Waals surface area (Å²) in [6.07, 6.45) is 11.3. The summed E-state index contributed by atoms with van der Waals surface area (Å²) < 4.78 is 5.55. The summed E-state index contributed by atoms with van der Waals surface area (Å²) in [5.41, 5.74) is 5.45. The third-order valence-corrected chi connectivity index (χ3v) is 5.97. The molecule has 3 aromatic rings. The van der Waals surface area contributed by atoms with Gasteiger partial charge in [0.2, 0.25) is 0 Å². The molecule has 0 radical (unpaired) electrons. The number of hydrogen-bond donors (Lipinski definition) is 0. The molecule has 0 aromatic heterocycles. The molecular weight excluding hydrogens is 316 g/mol. The van der Waals surface area contributed by atoms with Crippen LogP contribution >= 0.6 is 0 Å². The molecule has 0 saturated heterocycles. The lowest BCUT2D eigenvalue weighted by molar-refractivity contribution is 0.300. The Morgan fingerprint density at radius 2 is 1.58 bits per heavy atom. The molecule has 0 N–H and O–H groups in total. The van der Waals surface area contributed by atoms with Crippen molar-refractivity contribution in [1.29, 1.82) is 0 Å². The molecule has 0 unspecified atom stereocenters. The average molecular weight is 338 g/mol. The van der Waals surface area contributed by atoms with Gasteiger partial charge in [-0.15, -0.1) is 0 Å². The van der Waals surface area contributed by atoms with E-state index in [0.29, 0.717) is 11.8 Å². The van der Waals surface area contributed by atoms with E-state index >= 15 is 0 Å². The fraction of sp³-hybridized carbons (Fsp3) is 0.200. The van der Waals surface area contributed by atoms with Crippen molar-refractivity contribution in [3.63, 3.8) is 0 Å². The van der Waals surface area contributed by atoms with Gasteiger partial charge in [-0.05, 0) is 69.8 Å². The predicted molar refractivity (Wildman–Crippen MR) is 110 cm³/mol. The van der Waals surface area contributed by atoms with E-state index in [1.165, 1.54) is 43.8 Å². The van der Waals surface area contributed by atoms with Gasteiger partial charge in [0.05, 0.1) is 7.11 Å². The second-order valence-electron chi connectivity index (χ2n) is 7.45. The average Bonchev–Trinajstić information content (AvgIpc) is 2.69. The minimum absolute atomic E-state index is 0.323. The van der Waals surface area contributed by atoms with Gasteiger partial charge in [-0.2, -0.15) is 0 Å². The second kappa shape index (κ2) is 5.60. The number of methoxy groups -OCH3 is 1. The van der Waals surface area contributed by atoms with Crippen molar-refractivity contribution in [2.45, 2.75) is 19.8 Å². The number of rotatable bonds is 1. The maximum absolute atomic E-state index is 5.55. The van der Waals surface area contributed by atoms with E-state index in [1.807, 2.05) is 0 Å². The van der Waals surface area contributed by atoms with Crippen LogP contribution in [0, 0.1) is 19.8 Å². The molecule has 3 aromatic carbocycles. The summed E-state index contributed by atoms with van der Waals surface area (Å²) in [4.78, 5) is 0. The summed E-state index contributed by atoms with van der Waals surface area (Å²) in [7, 11) is 1.75. The Morgan fingerprint density at radius 3 is 2.42 bits per heavy atom. The van der Waals surface area contributed by atoms with Gasteiger partial charge in [0, 0.05) is 11.8 Å². The van der Waals surface area contributed by atoms with Gasteiger partial charge < -0.3 is 4.74 Å². The van der Waals surface area contributed by atoms with Gasteiger partial charge in [-0.1, -0.05) is 54.6 Å². The number of benzene rings is 3. The minimum atomic E-state index is 0.323. The first-order valence-corrected chi connectivity index (χ1v) is 9.25. The maximum Gasteiger partial charge on any atom is 0.115 e. The number of allylic oxidation sites excluding steroid dienone is 4. The van der Waals surface area contributed by atoms with Crippen LogP contribution in [0.15, 0.2) is 66.5 Å². The monoisotopic (exact) mass is 338 g/mol. The van der Waals surface area contributed by atoms with E-state index < -0.39 is 0 Å². The SMILES string of the molecule is COC1=C[C@@H]2c3c(ccc4ccc5c(C)ccc(C)c5c34)C=C[C@@H]2C=C1. The van der Waals surface area contributed by atoms with E-state index in [1.54, 1.807) is 7.11 Å². The third kappa shape index (κ3) is 2.10. The van der Waals surface area contributed by atoms with Crippen LogP contribution in [0.4, 0.5) is 0 Å². The van der Waals surface area contributed by atoms with Crippen molar-refractivity contribution in [1.82, 2.24) is 0 Å². The van der Waals surface area contributed by atoms with E-state index in [4.69, 9.17) is 4.74 Å². The van der Waals surface area contributed by atoms with E-state index in [0.717, 1.165) is 5.76 Å². The molecule has 0 aliphatic heterocycles. The Hall–Kier alpha value is -2.80. The Labute approximate surface area is 154 Å². The Morgan fingerprint density at radius 1 is 0.808 bits per heavy atom. The van der Waals surface area contributed by atoms with Crippen LogP contribution in [0.3, 0.4) is 0 Å². The molecule has 2 aliphatic carbocycles. The quantitative estimate of drug-likeness (QED) is 0.464. The molecule has 5 rings (SSSR count). The topological polar surface area (TPSA) is 9.23 Å². The van der Waals surface area contributed by atoms with Crippen molar-refractivity contribution in [2.75, 3.05) is 7.11 Å². The molecular formula is C25H22O. The Bertz CT molecular complexity index is 1140. The van der Waals surface area contributed by atoms with Gasteiger partial charge in [-0.25, -0.2) is 0 Å². The Balaban J connectivity index is 1.94. The highest BCUT2D eigenvalue weighted by Gasteiger charge is 2.28. The number of aryl methyl sites for hydroxylation is 2. The van der Waals surface area contributed by atoms with Crippen molar-refractivity contribution in [2.24, 2.45) is 5.92 Å². The van der Waals surface area contributed by atoms with Gasteiger partial charge in [0.1, 0.15) is 5.76 Å². The van der Waals surface area contributed by atoms with Crippen LogP contribution in [0.2, 0.25) is 0 Å². The fourth-order valence-corrected chi connectivity index (χ4v) is 4.61. The van der Waals surface area contributed by atoms with E-state index in [9.17, 15) is 0 Å². The molecule has 0 saturated carbocycles. The van der Waals surface area contributed by atoms with Crippen LogP contribution in [0.25, 0.3) is 27.6 Å². The summed E-state index contributed by atoms with van der Waals surface area (Å²) in [5, 5.41) is 5.48. The Kier molecular flexibility index (Phi) is 3.33. The normalized spacial score (nSPS) is 20.8. The standard InChI is InChI=1S/C25H22O/c1-15-4-5-16(2)23-21(15)13-11-19-9-8-18-7-6-17-10-12-20(26-3)14-22(17)24(18)25(19)23/h4-14,17,22H,1-3H3/t17-,22+/m1/s1. The van der Waals surface area contributed by atoms with Gasteiger partial charge in [0.25, 0.3) is 0 Å². The maximum atomic E-state index is 5.55. The molecule has 1 nitrogen and oxygen atoms in total. The van der Waals surface area contributed by atoms with Crippen molar-refractivity contribution in [3.05, 3.63) is 88.7 Å². The van der Waals surface area contributed by atoms with Crippen LogP contribution in [-0.4, -0.2) is 7.11 Å². The van der Waals surface area contributed by atoms with Crippen molar-refractivity contribution >= 4 is 27.6 Å². The van der Waals surface area contributed by atoms with Gasteiger partial charge >= 0.3 is 0 Å². The van der Waals surface area contributed by atoms with E-state index in [-0.39, 0.29) is 0 Å². The number of fused-ring (bicyclic) bond motifs is 7. The molecule has 0 amide bonds. The predicted octanol–water partition coefficient (Wildman–Crippen LogP) is 6.44. The molecule has 26 heavy (non-hydrogen) atoms. The largest absolute Gasteiger partial charge is 0.497 e. The fourth-order valence-electron chi connectivity index (χ4n) is 4.61. The van der Waals surface area contributed by atoms with Gasteiger partial charge in [0.15, 0.2) is 0 Å². The van der Waals surface area contributed by atoms with Crippen LogP contribution < -0.4 is 0 Å². The van der Waals surface area contributed by atoms with Crippen molar-refractivity contribution < 1.29 is 4.74 Å². The molecule has 0 fully saturated rings. The lowest BCUT2D eigenvalue weighted by atomic mass is 9.74. The van der Waals surface area contributed by atoms with Crippen LogP contribution in [-0.2, 0) is 4.74 Å². The first-order valence-electron chi connectivity index (χ1n) is 9.25. The molecule has 0 spiro atoms. The lowest BCUT2D eigenvalue weighted by Gasteiger charge is -2.30. The number of hydrogen-bond acceptors (Lipinski definition) is 1. The van der Waals surface area contributed by atoms with Crippen molar-refractivity contribution in [3.8, 4) is 0 Å². The number of ether oxygens (including phenoxy) is 1. The first kappa shape index (κ1) is 15.5. The zero-order chi connectivity index (χ0) is 17.8. The summed E-state index contributed by atoms with van der Waals surface area (Å²) in [5.74, 6) is 1.68. The van der Waals surface area contributed by atoms with E-state index in [2.05, 4.69) is 80.6 Å². The zero-order valence-electron chi connectivity index (χ0n) is 15.4. The summed E-state index contributed by atoms with van der Waals surface area (Å²) in [6, 6.07) is 13.6. The van der Waals surface area contributed by atoms with Crippen LogP contribution in [0.1, 0.15) is 28.2 Å². The highest BCUT2D eigenvalue weighted by molar-refractivity contribution is 6.13. The highest BCUT2D eigenvalue weighted by atomic mass is 16.5. The molecule has 2 aliphatic rings. The minimum Gasteiger partial charge on any atom is -0.497 e. The first-order chi connectivity index (χ1) is 12.7. The highest BCUT2D eigenvalue weighted by Crippen LogP contribution is 2.45. The third-order valence-electron chi connectivity index (χ3n) is 5.97. The summed E-state index contributed by atoms with van der Waals surface area (Å²) >= 11 is 0. The van der Waals surface area contributed by atoms with Crippen LogP contribution in [0.5, 0.6) is 0 Å². The molecule has 2 atom stereocenters.